The minimum atomic E-state index is -1.95. The number of benzene rings is 1. The van der Waals surface area contributed by atoms with Crippen LogP contribution in [0.1, 0.15) is 10.4 Å². The Morgan fingerprint density at radius 3 is 2.62 bits per heavy atom. The van der Waals surface area contributed by atoms with Crippen LogP contribution < -0.4 is 4.90 Å². The maximum atomic E-state index is 10.7. The third kappa shape index (κ3) is 3.19. The van der Waals surface area contributed by atoms with Crippen molar-refractivity contribution in [3.05, 3.63) is 28.8 Å². The van der Waals surface area contributed by atoms with E-state index in [4.69, 9.17) is 21.3 Å². The van der Waals surface area contributed by atoms with Gasteiger partial charge in [0.15, 0.2) is 11.1 Å². The first-order chi connectivity index (χ1) is 7.41. The summed E-state index contributed by atoms with van der Waals surface area (Å²) >= 11 is 3.81. The highest BCUT2D eigenvalue weighted by Gasteiger charge is 2.11. The van der Waals surface area contributed by atoms with Gasteiger partial charge in [-0.2, -0.15) is 0 Å². The number of hydrogen-bond donors (Lipinski definition) is 2. The second-order valence-electron chi connectivity index (χ2n) is 3.12. The predicted molar refractivity (Wildman–Crippen MR) is 62.5 cm³/mol. The van der Waals surface area contributed by atoms with E-state index in [0.29, 0.717) is 5.69 Å². The van der Waals surface area contributed by atoms with Gasteiger partial charge in [0.2, 0.25) is 0 Å². The van der Waals surface area contributed by atoms with Crippen LogP contribution in [0.25, 0.3) is 0 Å². The molecule has 5 nitrogen and oxygen atoms in total. The fourth-order valence-electron chi connectivity index (χ4n) is 1.16. The van der Waals surface area contributed by atoms with Gasteiger partial charge in [-0.1, -0.05) is 11.6 Å². The van der Waals surface area contributed by atoms with Crippen LogP contribution in [0, 0.1) is 0 Å². The predicted octanol–water partition coefficient (Wildman–Crippen LogP) is 1.65. The molecule has 0 aliphatic carbocycles. The monoisotopic (exact) mass is 263 g/mol. The molecule has 0 radical (unpaired) electrons. The van der Waals surface area contributed by atoms with E-state index in [1.165, 1.54) is 23.1 Å². The number of aromatic carboxylic acids is 1. The molecule has 88 valence electrons. The van der Waals surface area contributed by atoms with Crippen molar-refractivity contribution < 1.29 is 18.7 Å². The number of nitrogens with zero attached hydrogens (tertiary/aromatic N) is 1. The Kier molecular flexibility index (Phi) is 4.28. The molecule has 1 aromatic carbocycles. The van der Waals surface area contributed by atoms with Crippen LogP contribution in [-0.2, 0) is 11.1 Å². The standard InChI is InChI=1S/C9H10ClNO4S/c1-11(5-16(14)15)6-2-3-7(9(12)13)8(10)4-6/h2-4H,5H2,1H3,(H,12,13)(H,14,15). The molecule has 0 spiro atoms. The summed E-state index contributed by atoms with van der Waals surface area (Å²) in [7, 11) is 1.61. The molecule has 0 heterocycles. The highest BCUT2D eigenvalue weighted by Crippen LogP contribution is 2.23. The van der Waals surface area contributed by atoms with E-state index < -0.39 is 17.0 Å². The molecule has 7 heteroatoms. The van der Waals surface area contributed by atoms with Crippen LogP contribution in [0.15, 0.2) is 18.2 Å². The first-order valence-electron chi connectivity index (χ1n) is 4.23. The molecule has 0 saturated heterocycles. The zero-order valence-electron chi connectivity index (χ0n) is 8.38. The number of halogens is 1. The van der Waals surface area contributed by atoms with Gasteiger partial charge < -0.3 is 14.6 Å². The Hall–Kier alpha value is -1.11. The topological polar surface area (TPSA) is 77.8 Å². The van der Waals surface area contributed by atoms with Crippen LogP contribution in [-0.4, -0.2) is 32.8 Å². The molecule has 0 aliphatic rings. The van der Waals surface area contributed by atoms with Gasteiger partial charge in [-0.25, -0.2) is 9.00 Å². The highest BCUT2D eigenvalue weighted by molar-refractivity contribution is 7.79. The molecule has 1 unspecified atom stereocenters. The smallest absolute Gasteiger partial charge is 0.337 e. The Labute approximate surface area is 99.9 Å². The number of carboxylic acids is 1. The second kappa shape index (κ2) is 5.29. The van der Waals surface area contributed by atoms with Crippen LogP contribution in [0.4, 0.5) is 5.69 Å². The van der Waals surface area contributed by atoms with Crippen molar-refractivity contribution in [2.24, 2.45) is 0 Å². The Bertz CT molecular complexity index is 438. The molecule has 1 atom stereocenters. The van der Waals surface area contributed by atoms with Gasteiger partial charge in [-0.3, -0.25) is 0 Å². The molecular formula is C9H10ClNO4S. The van der Waals surface area contributed by atoms with Crippen molar-refractivity contribution in [1.82, 2.24) is 0 Å². The lowest BCUT2D eigenvalue weighted by Crippen LogP contribution is -2.21. The summed E-state index contributed by atoms with van der Waals surface area (Å²) in [6, 6.07) is 4.33. The van der Waals surface area contributed by atoms with E-state index in [0.717, 1.165) is 0 Å². The average molecular weight is 264 g/mol. The van der Waals surface area contributed by atoms with Crippen molar-refractivity contribution in [3.8, 4) is 0 Å². The quantitative estimate of drug-likeness (QED) is 0.808. The van der Waals surface area contributed by atoms with Gasteiger partial charge in [0, 0.05) is 12.7 Å². The normalized spacial score (nSPS) is 12.2. The van der Waals surface area contributed by atoms with Crippen LogP contribution >= 0.6 is 11.6 Å². The minimum Gasteiger partial charge on any atom is -0.478 e. The fraction of sp³-hybridized carbons (Fsp3) is 0.222. The molecule has 0 saturated carbocycles. The van der Waals surface area contributed by atoms with Crippen molar-refractivity contribution in [2.75, 3.05) is 17.8 Å². The minimum absolute atomic E-state index is 0.00365. The van der Waals surface area contributed by atoms with Crippen LogP contribution in [0.3, 0.4) is 0 Å². The summed E-state index contributed by atoms with van der Waals surface area (Å²) in [4.78, 5) is 12.2. The van der Waals surface area contributed by atoms with Gasteiger partial charge >= 0.3 is 5.97 Å². The Morgan fingerprint density at radius 1 is 1.56 bits per heavy atom. The van der Waals surface area contributed by atoms with Crippen molar-refractivity contribution in [3.63, 3.8) is 0 Å². The maximum absolute atomic E-state index is 10.7. The number of rotatable bonds is 4. The van der Waals surface area contributed by atoms with E-state index in [1.54, 1.807) is 7.05 Å². The summed E-state index contributed by atoms with van der Waals surface area (Å²) < 4.78 is 19.3. The number of carbonyl (C=O) groups is 1. The zero-order chi connectivity index (χ0) is 12.3. The van der Waals surface area contributed by atoms with Gasteiger partial charge in [0.25, 0.3) is 0 Å². The molecular weight excluding hydrogens is 254 g/mol. The molecule has 0 amide bonds. The molecule has 0 aliphatic heterocycles. The van der Waals surface area contributed by atoms with Crippen LogP contribution in [0.2, 0.25) is 5.02 Å². The van der Waals surface area contributed by atoms with Gasteiger partial charge in [-0.05, 0) is 18.2 Å². The number of carboxylic acid groups (broad SMARTS) is 1. The molecule has 1 aromatic rings. The van der Waals surface area contributed by atoms with E-state index in [1.807, 2.05) is 0 Å². The average Bonchev–Trinajstić information content (AvgIpc) is 2.15. The molecule has 0 aromatic heterocycles. The lowest BCUT2D eigenvalue weighted by atomic mass is 10.2. The summed E-state index contributed by atoms with van der Waals surface area (Å²) in [6.07, 6.45) is 0. The third-order valence-corrected chi connectivity index (χ3v) is 2.85. The lowest BCUT2D eigenvalue weighted by Gasteiger charge is -2.17. The number of anilines is 1. The summed E-state index contributed by atoms with van der Waals surface area (Å²) in [6.45, 7) is 0. The fourth-order valence-corrected chi connectivity index (χ4v) is 1.89. The highest BCUT2D eigenvalue weighted by atomic mass is 35.5. The van der Waals surface area contributed by atoms with E-state index >= 15 is 0 Å². The van der Waals surface area contributed by atoms with Gasteiger partial charge in [-0.15, -0.1) is 0 Å². The van der Waals surface area contributed by atoms with E-state index in [9.17, 15) is 9.00 Å². The molecule has 0 bridgehead atoms. The SMILES string of the molecule is CN(CS(=O)O)c1ccc(C(=O)O)c(Cl)c1. The number of hydrogen-bond acceptors (Lipinski definition) is 3. The van der Waals surface area contributed by atoms with Crippen LogP contribution in [0.5, 0.6) is 0 Å². The summed E-state index contributed by atoms with van der Waals surface area (Å²) in [5.74, 6) is -1.17. The van der Waals surface area contributed by atoms with Gasteiger partial charge in [0.1, 0.15) is 5.88 Å². The Balaban J connectivity index is 2.96. The van der Waals surface area contributed by atoms with Crippen molar-refractivity contribution in [1.29, 1.82) is 0 Å². The first-order valence-corrected chi connectivity index (χ1v) is 5.88. The molecule has 16 heavy (non-hydrogen) atoms. The third-order valence-electron chi connectivity index (χ3n) is 1.93. The largest absolute Gasteiger partial charge is 0.478 e. The second-order valence-corrected chi connectivity index (χ2v) is 4.43. The lowest BCUT2D eigenvalue weighted by molar-refractivity contribution is 0.0697. The van der Waals surface area contributed by atoms with E-state index in [2.05, 4.69) is 0 Å². The van der Waals surface area contributed by atoms with Crippen molar-refractivity contribution >= 4 is 34.3 Å². The molecule has 2 N–H and O–H groups in total. The Morgan fingerprint density at radius 2 is 2.19 bits per heavy atom. The summed E-state index contributed by atoms with van der Waals surface area (Å²) in [5, 5.41) is 8.85. The molecule has 1 rings (SSSR count). The van der Waals surface area contributed by atoms with Gasteiger partial charge in [0.05, 0.1) is 10.6 Å². The summed E-state index contributed by atoms with van der Waals surface area (Å²) in [5.41, 5.74) is 0.585. The van der Waals surface area contributed by atoms with E-state index in [-0.39, 0.29) is 16.5 Å². The zero-order valence-corrected chi connectivity index (χ0v) is 9.96. The van der Waals surface area contributed by atoms with Crippen molar-refractivity contribution in [2.45, 2.75) is 0 Å². The molecule has 0 fully saturated rings. The first kappa shape index (κ1) is 13.0. The maximum Gasteiger partial charge on any atom is 0.337 e.